The molecule has 1 atom stereocenters. The topological polar surface area (TPSA) is 38.5 Å². The zero-order chi connectivity index (χ0) is 13.6. The smallest absolute Gasteiger partial charge is 0.0804 e. The normalized spacial score (nSPS) is 29.1. The first-order valence-corrected chi connectivity index (χ1v) is 8.30. The summed E-state index contributed by atoms with van der Waals surface area (Å²) in [6.07, 6.45) is 12.9. The third-order valence-electron chi connectivity index (χ3n) is 5.17. The van der Waals surface area contributed by atoms with E-state index in [2.05, 4.69) is 11.9 Å². The molecule has 2 fully saturated rings. The number of hydrogen-bond acceptors (Lipinski definition) is 3. The molecule has 1 heterocycles. The van der Waals surface area contributed by atoms with E-state index in [-0.39, 0.29) is 5.60 Å². The monoisotopic (exact) mass is 268 g/mol. The number of nitrogens with two attached hydrogens (primary N) is 1. The van der Waals surface area contributed by atoms with Crippen molar-refractivity contribution in [3.05, 3.63) is 0 Å². The van der Waals surface area contributed by atoms with Crippen LogP contribution in [0.4, 0.5) is 0 Å². The maximum atomic E-state index is 6.30. The van der Waals surface area contributed by atoms with Gasteiger partial charge in [0.1, 0.15) is 0 Å². The molecule has 0 aromatic heterocycles. The molecular formula is C16H32N2O. The molecule has 0 bridgehead atoms. The molecule has 2 rings (SSSR count). The maximum Gasteiger partial charge on any atom is 0.0804 e. The molecular weight excluding hydrogens is 236 g/mol. The van der Waals surface area contributed by atoms with Gasteiger partial charge in [0.25, 0.3) is 0 Å². The van der Waals surface area contributed by atoms with Crippen molar-refractivity contribution in [2.75, 3.05) is 26.7 Å². The average molecular weight is 268 g/mol. The minimum atomic E-state index is 0.00371. The van der Waals surface area contributed by atoms with Crippen LogP contribution in [0.15, 0.2) is 0 Å². The molecule has 1 unspecified atom stereocenters. The van der Waals surface area contributed by atoms with Gasteiger partial charge >= 0.3 is 0 Å². The number of likely N-dealkylation sites (tertiary alicyclic amines) is 1. The van der Waals surface area contributed by atoms with Crippen molar-refractivity contribution in [3.63, 3.8) is 0 Å². The van der Waals surface area contributed by atoms with Gasteiger partial charge in [0.15, 0.2) is 0 Å². The second-order valence-electron chi connectivity index (χ2n) is 6.57. The summed E-state index contributed by atoms with van der Waals surface area (Å²) < 4.78 is 6.30. The summed E-state index contributed by atoms with van der Waals surface area (Å²) in [5.41, 5.74) is 6.02. The number of rotatable bonds is 5. The van der Waals surface area contributed by atoms with E-state index in [4.69, 9.17) is 10.5 Å². The molecule has 0 spiro atoms. The highest BCUT2D eigenvalue weighted by Crippen LogP contribution is 2.30. The zero-order valence-corrected chi connectivity index (χ0v) is 12.7. The molecule has 1 saturated heterocycles. The van der Waals surface area contributed by atoms with Gasteiger partial charge in [-0.15, -0.1) is 0 Å². The molecule has 19 heavy (non-hydrogen) atoms. The van der Waals surface area contributed by atoms with Crippen molar-refractivity contribution in [3.8, 4) is 0 Å². The fraction of sp³-hybridized carbons (Fsp3) is 1.00. The van der Waals surface area contributed by atoms with Crippen LogP contribution in [-0.4, -0.2) is 43.3 Å². The van der Waals surface area contributed by atoms with Crippen molar-refractivity contribution in [2.45, 2.75) is 75.9 Å². The van der Waals surface area contributed by atoms with Gasteiger partial charge in [-0.3, -0.25) is 0 Å². The zero-order valence-electron chi connectivity index (χ0n) is 12.7. The SMILES string of the molecule is CN1CCCCC1CCOC1(CN)CCCCCC1. The van der Waals surface area contributed by atoms with Gasteiger partial charge in [-0.25, -0.2) is 0 Å². The quantitative estimate of drug-likeness (QED) is 0.779. The Morgan fingerprint density at radius 1 is 1.11 bits per heavy atom. The third-order valence-corrected chi connectivity index (χ3v) is 5.17. The standard InChI is InChI=1S/C16H32N2O/c1-18-12-7-4-8-15(18)9-13-19-16(14-17)10-5-2-3-6-11-16/h15H,2-14,17H2,1H3. The molecule has 3 nitrogen and oxygen atoms in total. The van der Waals surface area contributed by atoms with Crippen molar-refractivity contribution in [2.24, 2.45) is 5.73 Å². The first-order chi connectivity index (χ1) is 9.26. The molecule has 1 saturated carbocycles. The molecule has 1 aliphatic heterocycles. The Morgan fingerprint density at radius 3 is 2.47 bits per heavy atom. The molecule has 1 aliphatic carbocycles. The predicted molar refractivity (Wildman–Crippen MR) is 80.3 cm³/mol. The Morgan fingerprint density at radius 2 is 1.84 bits per heavy atom. The van der Waals surface area contributed by atoms with Crippen molar-refractivity contribution < 1.29 is 4.74 Å². The fourth-order valence-electron chi connectivity index (χ4n) is 3.70. The van der Waals surface area contributed by atoms with Gasteiger partial charge < -0.3 is 15.4 Å². The molecule has 2 aliphatic rings. The average Bonchev–Trinajstić information content (AvgIpc) is 2.67. The summed E-state index contributed by atoms with van der Waals surface area (Å²) in [7, 11) is 2.26. The van der Waals surface area contributed by atoms with Crippen LogP contribution in [0.3, 0.4) is 0 Å². The lowest BCUT2D eigenvalue weighted by atomic mass is 9.94. The first kappa shape index (κ1) is 15.3. The van der Waals surface area contributed by atoms with E-state index >= 15 is 0 Å². The molecule has 112 valence electrons. The van der Waals surface area contributed by atoms with Gasteiger partial charge in [0.2, 0.25) is 0 Å². The molecule has 3 heteroatoms. The number of piperidine rings is 1. The highest BCUT2D eigenvalue weighted by Gasteiger charge is 2.30. The van der Waals surface area contributed by atoms with Crippen LogP contribution in [0, 0.1) is 0 Å². The molecule has 0 radical (unpaired) electrons. The number of hydrogen-bond donors (Lipinski definition) is 1. The summed E-state index contributed by atoms with van der Waals surface area (Å²) >= 11 is 0. The summed E-state index contributed by atoms with van der Waals surface area (Å²) in [5, 5.41) is 0. The number of nitrogens with zero attached hydrogens (tertiary/aromatic N) is 1. The van der Waals surface area contributed by atoms with Crippen molar-refractivity contribution >= 4 is 0 Å². The van der Waals surface area contributed by atoms with Gasteiger partial charge in [-0.1, -0.05) is 32.1 Å². The minimum absolute atomic E-state index is 0.00371. The minimum Gasteiger partial charge on any atom is -0.374 e. The van der Waals surface area contributed by atoms with Gasteiger partial charge in [-0.2, -0.15) is 0 Å². The second kappa shape index (κ2) is 7.61. The highest BCUT2D eigenvalue weighted by atomic mass is 16.5. The van der Waals surface area contributed by atoms with Crippen LogP contribution in [0.25, 0.3) is 0 Å². The summed E-state index contributed by atoms with van der Waals surface area (Å²) in [6.45, 7) is 2.85. The van der Waals surface area contributed by atoms with Crippen LogP contribution in [0.1, 0.15) is 64.2 Å². The third kappa shape index (κ3) is 4.44. The van der Waals surface area contributed by atoms with Gasteiger partial charge in [-0.05, 0) is 45.7 Å². The molecule has 0 amide bonds. The summed E-state index contributed by atoms with van der Waals surface area (Å²) in [5.74, 6) is 0. The van der Waals surface area contributed by atoms with E-state index in [9.17, 15) is 0 Å². The Kier molecular flexibility index (Phi) is 6.11. The lowest BCUT2D eigenvalue weighted by Crippen LogP contribution is -2.42. The molecule has 2 N–H and O–H groups in total. The summed E-state index contributed by atoms with van der Waals surface area (Å²) in [6, 6.07) is 0.731. The van der Waals surface area contributed by atoms with Crippen LogP contribution >= 0.6 is 0 Å². The van der Waals surface area contributed by atoms with E-state index in [1.165, 1.54) is 70.8 Å². The Balaban J connectivity index is 1.75. The van der Waals surface area contributed by atoms with Crippen LogP contribution in [-0.2, 0) is 4.74 Å². The highest BCUT2D eigenvalue weighted by molar-refractivity contribution is 4.84. The number of ether oxygens (including phenoxy) is 1. The Labute approximate surface area is 118 Å². The van der Waals surface area contributed by atoms with Crippen molar-refractivity contribution in [1.82, 2.24) is 4.90 Å². The van der Waals surface area contributed by atoms with E-state index in [0.29, 0.717) is 6.54 Å². The molecule has 0 aromatic rings. The maximum absolute atomic E-state index is 6.30. The van der Waals surface area contributed by atoms with Crippen LogP contribution in [0.5, 0.6) is 0 Å². The van der Waals surface area contributed by atoms with Crippen LogP contribution in [0.2, 0.25) is 0 Å². The van der Waals surface area contributed by atoms with Gasteiger partial charge in [0, 0.05) is 19.2 Å². The largest absolute Gasteiger partial charge is 0.374 e. The van der Waals surface area contributed by atoms with E-state index < -0.39 is 0 Å². The Hall–Kier alpha value is -0.120. The summed E-state index contributed by atoms with van der Waals surface area (Å²) in [4.78, 5) is 2.51. The molecule has 0 aromatic carbocycles. The van der Waals surface area contributed by atoms with E-state index in [0.717, 1.165) is 12.6 Å². The van der Waals surface area contributed by atoms with Crippen molar-refractivity contribution in [1.29, 1.82) is 0 Å². The first-order valence-electron chi connectivity index (χ1n) is 8.30. The van der Waals surface area contributed by atoms with E-state index in [1.807, 2.05) is 0 Å². The fourth-order valence-corrected chi connectivity index (χ4v) is 3.70. The lowest BCUT2D eigenvalue weighted by molar-refractivity contribution is -0.0570. The van der Waals surface area contributed by atoms with Crippen LogP contribution < -0.4 is 5.73 Å². The Bertz CT molecular complexity index is 249. The van der Waals surface area contributed by atoms with E-state index in [1.54, 1.807) is 0 Å². The second-order valence-corrected chi connectivity index (χ2v) is 6.57. The predicted octanol–water partition coefficient (Wildman–Crippen LogP) is 2.93. The van der Waals surface area contributed by atoms with Gasteiger partial charge in [0.05, 0.1) is 5.60 Å². The lowest BCUT2D eigenvalue weighted by Gasteiger charge is -2.35.